The Morgan fingerprint density at radius 2 is 2.10 bits per heavy atom. The fourth-order valence-corrected chi connectivity index (χ4v) is 2.33. The molecule has 5 N–H and O–H groups in total. The van der Waals surface area contributed by atoms with E-state index in [9.17, 15) is 15.3 Å². The van der Waals surface area contributed by atoms with Crippen LogP contribution in [0.15, 0.2) is 12.7 Å². The highest BCUT2D eigenvalue weighted by Crippen LogP contribution is 2.33. The van der Waals surface area contributed by atoms with Gasteiger partial charge in [-0.15, -0.1) is 6.42 Å². The number of hydrogen-bond donors (Lipinski definition) is 4. The summed E-state index contributed by atoms with van der Waals surface area (Å²) in [4.78, 5) is 11.9. The lowest BCUT2D eigenvalue weighted by Gasteiger charge is -2.16. The highest BCUT2D eigenvalue weighted by molar-refractivity contribution is 5.81. The van der Waals surface area contributed by atoms with Gasteiger partial charge in [-0.1, -0.05) is 5.92 Å². The number of ether oxygens (including phenoxy) is 1. The van der Waals surface area contributed by atoms with Crippen molar-refractivity contribution in [1.29, 1.82) is 0 Å². The predicted molar refractivity (Wildman–Crippen MR) is 70.5 cm³/mol. The Morgan fingerprint density at radius 1 is 1.33 bits per heavy atom. The van der Waals surface area contributed by atoms with E-state index >= 15 is 0 Å². The normalized spacial score (nSPS) is 30.4. The minimum atomic E-state index is -1.34. The summed E-state index contributed by atoms with van der Waals surface area (Å²) in [6.45, 7) is 0. The van der Waals surface area contributed by atoms with E-state index < -0.39 is 30.6 Å². The first-order valence-electron chi connectivity index (χ1n) is 6.13. The molecule has 1 unspecified atom stereocenters. The van der Waals surface area contributed by atoms with Crippen molar-refractivity contribution in [3.63, 3.8) is 0 Å². The Morgan fingerprint density at radius 3 is 2.81 bits per heavy atom. The van der Waals surface area contributed by atoms with Gasteiger partial charge in [0.2, 0.25) is 0 Å². The topological polar surface area (TPSA) is 140 Å². The first-order chi connectivity index (χ1) is 10.0. The molecule has 0 aliphatic carbocycles. The monoisotopic (exact) mass is 291 g/mol. The van der Waals surface area contributed by atoms with Gasteiger partial charge in [-0.2, -0.15) is 0 Å². The van der Waals surface area contributed by atoms with Crippen LogP contribution in [0.4, 0.5) is 5.82 Å². The molecule has 110 valence electrons. The first-order valence-corrected chi connectivity index (χ1v) is 6.13. The van der Waals surface area contributed by atoms with Gasteiger partial charge in [0, 0.05) is 0 Å². The van der Waals surface area contributed by atoms with Gasteiger partial charge >= 0.3 is 0 Å². The summed E-state index contributed by atoms with van der Waals surface area (Å²) in [5, 5.41) is 29.6. The Balaban J connectivity index is 2.00. The zero-order chi connectivity index (χ0) is 15.1. The summed E-state index contributed by atoms with van der Waals surface area (Å²) >= 11 is 0. The van der Waals surface area contributed by atoms with E-state index in [1.54, 1.807) is 0 Å². The van der Waals surface area contributed by atoms with Crippen LogP contribution in [0.1, 0.15) is 6.23 Å². The molecule has 1 fully saturated rings. The Labute approximate surface area is 119 Å². The first kappa shape index (κ1) is 13.7. The van der Waals surface area contributed by atoms with Gasteiger partial charge < -0.3 is 25.8 Å². The van der Waals surface area contributed by atoms with Crippen LogP contribution in [0.25, 0.3) is 11.2 Å². The van der Waals surface area contributed by atoms with E-state index in [1.165, 1.54) is 17.2 Å². The van der Waals surface area contributed by atoms with Gasteiger partial charge in [0.1, 0.15) is 36.3 Å². The lowest BCUT2D eigenvalue weighted by molar-refractivity contribution is -0.0673. The van der Waals surface area contributed by atoms with Crippen LogP contribution in [-0.4, -0.2) is 59.3 Å². The molecule has 2 aromatic rings. The molecule has 9 nitrogen and oxygen atoms in total. The third-order valence-electron chi connectivity index (χ3n) is 3.42. The summed E-state index contributed by atoms with van der Waals surface area (Å²) in [6, 6.07) is 0. The molecule has 1 saturated heterocycles. The molecule has 2 aromatic heterocycles. The minimum absolute atomic E-state index is 0.187. The molecule has 0 bridgehead atoms. The lowest BCUT2D eigenvalue weighted by atomic mass is 10.1. The summed E-state index contributed by atoms with van der Waals surface area (Å²) in [7, 11) is 0. The predicted octanol–water partition coefficient (Wildman–Crippen LogP) is -1.98. The zero-order valence-electron chi connectivity index (χ0n) is 10.7. The molecule has 1 aliphatic heterocycles. The number of aromatic nitrogens is 4. The quantitative estimate of drug-likeness (QED) is 0.467. The van der Waals surface area contributed by atoms with Crippen molar-refractivity contribution < 1.29 is 20.1 Å². The number of fused-ring (bicyclic) bond motifs is 1. The van der Waals surface area contributed by atoms with Crippen LogP contribution in [0.2, 0.25) is 0 Å². The summed E-state index contributed by atoms with van der Waals surface area (Å²) in [5.74, 6) is 2.25. The second-order valence-corrected chi connectivity index (χ2v) is 4.67. The summed E-state index contributed by atoms with van der Waals surface area (Å²) < 4.78 is 6.87. The zero-order valence-corrected chi connectivity index (χ0v) is 10.7. The summed E-state index contributed by atoms with van der Waals surface area (Å²) in [5.41, 5.74) is 6.37. The van der Waals surface area contributed by atoms with E-state index in [0.717, 1.165) is 0 Å². The van der Waals surface area contributed by atoms with Gasteiger partial charge in [-0.25, -0.2) is 15.0 Å². The number of hydrogen-bond acceptors (Lipinski definition) is 8. The standard InChI is InChI=1S/C12H13N5O4/c1-2-5(18)9-7(19)8(20)12(21-9)17-4-16-6-10(13)14-3-15-11(6)17/h1,3-5,7-9,12,18-20H,(H2,13,14,15)/t5?,7-,8-,9-,12-/m1/s1. The average Bonchev–Trinajstić information content (AvgIpc) is 3.02. The van der Waals surface area contributed by atoms with E-state index in [0.29, 0.717) is 11.2 Å². The Bertz CT molecular complexity index is 711. The van der Waals surface area contributed by atoms with Crippen molar-refractivity contribution in [2.24, 2.45) is 0 Å². The Kier molecular flexibility index (Phi) is 3.23. The van der Waals surface area contributed by atoms with Crippen LogP contribution in [0.5, 0.6) is 0 Å². The molecule has 0 saturated carbocycles. The van der Waals surface area contributed by atoms with Crippen molar-refractivity contribution >= 4 is 17.0 Å². The van der Waals surface area contributed by atoms with Gasteiger partial charge in [-0.05, 0) is 0 Å². The number of aliphatic hydroxyl groups is 3. The van der Waals surface area contributed by atoms with Crippen molar-refractivity contribution in [2.45, 2.75) is 30.6 Å². The molecule has 0 spiro atoms. The smallest absolute Gasteiger partial charge is 0.167 e. The molecule has 21 heavy (non-hydrogen) atoms. The molecule has 9 heteroatoms. The molecule has 3 rings (SSSR count). The molecular weight excluding hydrogens is 278 g/mol. The van der Waals surface area contributed by atoms with Crippen LogP contribution in [0, 0.1) is 12.3 Å². The third kappa shape index (κ3) is 2.01. The second-order valence-electron chi connectivity index (χ2n) is 4.67. The highest BCUT2D eigenvalue weighted by Gasteiger charge is 2.47. The van der Waals surface area contributed by atoms with Crippen LogP contribution < -0.4 is 5.73 Å². The molecule has 3 heterocycles. The molecule has 0 aromatic carbocycles. The van der Waals surface area contributed by atoms with E-state index in [1.807, 2.05) is 0 Å². The van der Waals surface area contributed by atoms with Gasteiger partial charge in [-0.3, -0.25) is 4.57 Å². The molecule has 1 aliphatic rings. The van der Waals surface area contributed by atoms with Crippen molar-refractivity contribution in [1.82, 2.24) is 19.5 Å². The second kappa shape index (κ2) is 4.94. The van der Waals surface area contributed by atoms with Crippen molar-refractivity contribution in [2.75, 3.05) is 5.73 Å². The van der Waals surface area contributed by atoms with E-state index in [4.69, 9.17) is 16.9 Å². The van der Waals surface area contributed by atoms with Crippen molar-refractivity contribution in [3.05, 3.63) is 12.7 Å². The number of terminal acetylenes is 1. The SMILES string of the molecule is C#CC(O)[C@H]1O[C@@H](n2cnc3c(N)ncnc32)[C@H](O)[C@H]1O. The number of nitrogens with zero attached hydrogens (tertiary/aromatic N) is 4. The maximum atomic E-state index is 10.1. The van der Waals surface area contributed by atoms with Gasteiger partial charge in [0.25, 0.3) is 0 Å². The number of rotatable bonds is 2. The Hall–Kier alpha value is -2.25. The maximum Gasteiger partial charge on any atom is 0.167 e. The molecular formula is C12H13N5O4. The maximum absolute atomic E-state index is 10.1. The highest BCUT2D eigenvalue weighted by atomic mass is 16.6. The van der Waals surface area contributed by atoms with Gasteiger partial charge in [0.05, 0.1) is 6.33 Å². The molecule has 0 amide bonds. The third-order valence-corrected chi connectivity index (χ3v) is 3.42. The summed E-state index contributed by atoms with van der Waals surface area (Å²) in [6.07, 6.45) is 1.65. The lowest BCUT2D eigenvalue weighted by Crippen LogP contribution is -2.37. The number of nitrogen functional groups attached to an aromatic ring is 1. The van der Waals surface area contributed by atoms with Gasteiger partial charge in [0.15, 0.2) is 17.7 Å². The minimum Gasteiger partial charge on any atom is -0.387 e. The average molecular weight is 291 g/mol. The largest absolute Gasteiger partial charge is 0.387 e. The van der Waals surface area contributed by atoms with E-state index in [2.05, 4.69) is 20.9 Å². The number of aliphatic hydroxyl groups excluding tert-OH is 3. The number of anilines is 1. The number of imidazole rings is 1. The van der Waals surface area contributed by atoms with Crippen LogP contribution >= 0.6 is 0 Å². The van der Waals surface area contributed by atoms with E-state index in [-0.39, 0.29) is 5.82 Å². The fraction of sp³-hybridized carbons (Fsp3) is 0.417. The molecule has 5 atom stereocenters. The van der Waals surface area contributed by atoms with Crippen molar-refractivity contribution in [3.8, 4) is 12.3 Å². The fourth-order valence-electron chi connectivity index (χ4n) is 2.33. The van der Waals surface area contributed by atoms with Crippen LogP contribution in [-0.2, 0) is 4.74 Å². The number of nitrogens with two attached hydrogens (primary N) is 1. The molecule has 0 radical (unpaired) electrons. The van der Waals surface area contributed by atoms with Crippen LogP contribution in [0.3, 0.4) is 0 Å².